The van der Waals surface area contributed by atoms with Gasteiger partial charge in [-0.2, -0.15) is 0 Å². The molecule has 0 saturated heterocycles. The third-order valence-electron chi connectivity index (χ3n) is 5.07. The fourth-order valence-corrected chi connectivity index (χ4v) is 3.69. The third-order valence-corrected chi connectivity index (χ3v) is 5.07. The van der Waals surface area contributed by atoms with Gasteiger partial charge in [0.15, 0.2) is 0 Å². The highest BCUT2D eigenvalue weighted by atomic mass is 15.1. The fraction of sp³-hybridized carbons (Fsp3) is 0.591. The van der Waals surface area contributed by atoms with Crippen molar-refractivity contribution in [3.8, 4) is 0 Å². The molecule has 132 valence electrons. The van der Waals surface area contributed by atoms with E-state index < -0.39 is 0 Å². The van der Waals surface area contributed by atoms with Gasteiger partial charge in [-0.05, 0) is 30.7 Å². The van der Waals surface area contributed by atoms with Gasteiger partial charge < -0.3 is 4.57 Å². The molecule has 0 aliphatic heterocycles. The summed E-state index contributed by atoms with van der Waals surface area (Å²) >= 11 is 0. The molecule has 0 fully saturated rings. The minimum Gasteiger partial charge on any atom is -0.334 e. The monoisotopic (exact) mass is 326 g/mol. The number of aromatic nitrogens is 2. The molecule has 2 nitrogen and oxygen atoms in total. The van der Waals surface area contributed by atoms with E-state index in [1.165, 1.54) is 63.4 Å². The van der Waals surface area contributed by atoms with Crippen LogP contribution in [0.4, 0.5) is 0 Å². The molecular formula is C22H34N2. The van der Waals surface area contributed by atoms with Crippen LogP contribution < -0.4 is 0 Å². The average molecular weight is 327 g/mol. The molecule has 2 atom stereocenters. The van der Waals surface area contributed by atoms with Crippen LogP contribution >= 0.6 is 0 Å². The Morgan fingerprint density at radius 3 is 2.38 bits per heavy atom. The highest BCUT2D eigenvalue weighted by Crippen LogP contribution is 2.31. The van der Waals surface area contributed by atoms with Crippen LogP contribution in [0.25, 0.3) is 0 Å². The summed E-state index contributed by atoms with van der Waals surface area (Å²) in [6.45, 7) is 4.58. The topological polar surface area (TPSA) is 17.8 Å². The van der Waals surface area contributed by atoms with E-state index in [0.29, 0.717) is 12.0 Å². The molecule has 0 aliphatic carbocycles. The average Bonchev–Trinajstić information content (AvgIpc) is 3.14. The molecule has 2 unspecified atom stereocenters. The van der Waals surface area contributed by atoms with Gasteiger partial charge in [-0.15, -0.1) is 0 Å². The zero-order valence-electron chi connectivity index (χ0n) is 15.5. The van der Waals surface area contributed by atoms with Gasteiger partial charge >= 0.3 is 0 Å². The summed E-state index contributed by atoms with van der Waals surface area (Å²) in [5, 5.41) is 0. The Labute approximate surface area is 148 Å². The standard InChI is InChI=1S/C22H34N2/c1-3-5-7-11-14-21(18-20-12-9-8-10-13-20)22(15-6-4-2)24-17-16-23-19-24/h8-10,12-13,16-17,19,21-22H,3-7,11,14-15,18H2,1-2H3. The number of benzene rings is 1. The van der Waals surface area contributed by atoms with Crippen LogP contribution in [-0.4, -0.2) is 9.55 Å². The first-order chi connectivity index (χ1) is 11.8. The van der Waals surface area contributed by atoms with Crippen molar-refractivity contribution in [1.29, 1.82) is 0 Å². The van der Waals surface area contributed by atoms with Gasteiger partial charge in [0.1, 0.15) is 0 Å². The lowest BCUT2D eigenvalue weighted by molar-refractivity contribution is 0.277. The first-order valence-corrected chi connectivity index (χ1v) is 9.86. The molecule has 2 heteroatoms. The van der Waals surface area contributed by atoms with Gasteiger partial charge in [-0.25, -0.2) is 4.98 Å². The van der Waals surface area contributed by atoms with Crippen molar-refractivity contribution in [3.63, 3.8) is 0 Å². The second-order valence-corrected chi connectivity index (χ2v) is 7.02. The summed E-state index contributed by atoms with van der Waals surface area (Å²) in [6.07, 6.45) is 17.8. The van der Waals surface area contributed by atoms with Gasteiger partial charge in [0.05, 0.1) is 6.33 Å². The summed E-state index contributed by atoms with van der Waals surface area (Å²) in [7, 11) is 0. The Morgan fingerprint density at radius 1 is 0.917 bits per heavy atom. The molecule has 0 saturated carbocycles. The molecule has 0 bridgehead atoms. The Hall–Kier alpha value is -1.57. The van der Waals surface area contributed by atoms with Crippen molar-refractivity contribution in [2.24, 2.45) is 5.92 Å². The molecule has 0 N–H and O–H groups in total. The SMILES string of the molecule is CCCCCCC(Cc1ccccc1)C(CCCC)n1ccnc1. The molecule has 2 aromatic rings. The molecule has 1 aromatic carbocycles. The Morgan fingerprint density at radius 2 is 1.71 bits per heavy atom. The van der Waals surface area contributed by atoms with Crippen LogP contribution in [0.15, 0.2) is 49.1 Å². The van der Waals surface area contributed by atoms with Gasteiger partial charge in [0.2, 0.25) is 0 Å². The molecule has 24 heavy (non-hydrogen) atoms. The van der Waals surface area contributed by atoms with Crippen LogP contribution in [0, 0.1) is 5.92 Å². The number of rotatable bonds is 12. The van der Waals surface area contributed by atoms with Crippen molar-refractivity contribution in [2.45, 2.75) is 77.7 Å². The van der Waals surface area contributed by atoms with Crippen molar-refractivity contribution in [3.05, 3.63) is 54.6 Å². The van der Waals surface area contributed by atoms with Crippen LogP contribution in [0.1, 0.15) is 76.8 Å². The van der Waals surface area contributed by atoms with Crippen LogP contribution in [0.2, 0.25) is 0 Å². The zero-order valence-corrected chi connectivity index (χ0v) is 15.5. The minimum absolute atomic E-state index is 0.578. The second kappa shape index (κ2) is 11.1. The normalized spacial score (nSPS) is 13.8. The number of nitrogens with zero attached hydrogens (tertiary/aromatic N) is 2. The summed E-state index contributed by atoms with van der Waals surface area (Å²) < 4.78 is 2.36. The summed E-state index contributed by atoms with van der Waals surface area (Å²) in [5.41, 5.74) is 1.47. The van der Waals surface area contributed by atoms with Gasteiger partial charge in [-0.1, -0.05) is 82.7 Å². The fourth-order valence-electron chi connectivity index (χ4n) is 3.69. The summed E-state index contributed by atoms with van der Waals surface area (Å²) in [4.78, 5) is 4.31. The largest absolute Gasteiger partial charge is 0.334 e. The molecule has 0 radical (unpaired) electrons. The quantitative estimate of drug-likeness (QED) is 0.410. The van der Waals surface area contributed by atoms with E-state index in [-0.39, 0.29) is 0 Å². The number of hydrogen-bond acceptors (Lipinski definition) is 1. The van der Waals surface area contributed by atoms with E-state index in [0.717, 1.165) is 0 Å². The third kappa shape index (κ3) is 6.14. The summed E-state index contributed by atoms with van der Waals surface area (Å²) in [6, 6.07) is 11.6. The van der Waals surface area contributed by atoms with Gasteiger partial charge in [0, 0.05) is 18.4 Å². The van der Waals surface area contributed by atoms with E-state index in [1.807, 2.05) is 12.5 Å². The highest BCUT2D eigenvalue weighted by molar-refractivity contribution is 5.15. The molecule has 0 spiro atoms. The van der Waals surface area contributed by atoms with Crippen molar-refractivity contribution in [2.75, 3.05) is 0 Å². The molecule has 2 rings (SSSR count). The highest BCUT2D eigenvalue weighted by Gasteiger charge is 2.22. The maximum Gasteiger partial charge on any atom is 0.0948 e. The number of unbranched alkanes of at least 4 members (excludes halogenated alkanes) is 4. The second-order valence-electron chi connectivity index (χ2n) is 7.02. The van der Waals surface area contributed by atoms with E-state index in [4.69, 9.17) is 0 Å². The number of hydrogen-bond donors (Lipinski definition) is 0. The maximum absolute atomic E-state index is 4.31. The molecular weight excluding hydrogens is 292 g/mol. The van der Waals surface area contributed by atoms with Crippen molar-refractivity contribution in [1.82, 2.24) is 9.55 Å². The first-order valence-electron chi connectivity index (χ1n) is 9.86. The minimum atomic E-state index is 0.578. The van der Waals surface area contributed by atoms with Crippen molar-refractivity contribution < 1.29 is 0 Å². The molecule has 0 amide bonds. The Balaban J connectivity index is 2.10. The van der Waals surface area contributed by atoms with Crippen LogP contribution in [0.5, 0.6) is 0 Å². The van der Waals surface area contributed by atoms with Gasteiger partial charge in [0.25, 0.3) is 0 Å². The Kier molecular flexibility index (Phi) is 8.65. The van der Waals surface area contributed by atoms with Crippen LogP contribution in [0.3, 0.4) is 0 Å². The predicted octanol–water partition coefficient (Wildman–Crippen LogP) is 6.44. The van der Waals surface area contributed by atoms with E-state index >= 15 is 0 Å². The van der Waals surface area contributed by atoms with E-state index in [9.17, 15) is 0 Å². The molecule has 0 aliphatic rings. The lowest BCUT2D eigenvalue weighted by atomic mass is 9.85. The van der Waals surface area contributed by atoms with Crippen LogP contribution in [-0.2, 0) is 6.42 Å². The van der Waals surface area contributed by atoms with E-state index in [1.54, 1.807) is 0 Å². The first kappa shape index (κ1) is 18.8. The van der Waals surface area contributed by atoms with Crippen molar-refractivity contribution >= 4 is 0 Å². The summed E-state index contributed by atoms with van der Waals surface area (Å²) in [5.74, 6) is 0.699. The lowest BCUT2D eigenvalue weighted by Gasteiger charge is -2.29. The Bertz CT molecular complexity index is 518. The van der Waals surface area contributed by atoms with E-state index in [2.05, 4.69) is 59.9 Å². The predicted molar refractivity (Wildman–Crippen MR) is 103 cm³/mol. The smallest absolute Gasteiger partial charge is 0.0948 e. The lowest BCUT2D eigenvalue weighted by Crippen LogP contribution is -2.21. The maximum atomic E-state index is 4.31. The van der Waals surface area contributed by atoms with Gasteiger partial charge in [-0.3, -0.25) is 0 Å². The zero-order chi connectivity index (χ0) is 17.0. The molecule has 1 aromatic heterocycles. The molecule has 1 heterocycles. The number of imidazole rings is 1.